The van der Waals surface area contributed by atoms with Gasteiger partial charge in [-0.1, -0.05) is 74.0 Å². The van der Waals surface area contributed by atoms with Crippen molar-refractivity contribution in [3.63, 3.8) is 0 Å². The maximum absolute atomic E-state index is 12.7. The average Bonchev–Trinajstić information content (AvgIpc) is 2.66. The lowest BCUT2D eigenvalue weighted by Crippen LogP contribution is -2.44. The molecule has 1 unspecified atom stereocenters. The highest BCUT2D eigenvalue weighted by Crippen LogP contribution is 2.27. The van der Waals surface area contributed by atoms with Gasteiger partial charge in [0, 0.05) is 7.05 Å². The maximum atomic E-state index is 12.7. The minimum Gasteiger partial charge on any atom is -0.480 e. The Labute approximate surface area is 154 Å². The minimum absolute atomic E-state index is 0.0103. The Bertz CT molecular complexity index is 664. The summed E-state index contributed by atoms with van der Waals surface area (Å²) in [5, 5.41) is 12.1. The zero-order chi connectivity index (χ0) is 18.9. The van der Waals surface area contributed by atoms with Crippen LogP contribution in [0, 0.1) is 0 Å². The number of nitrogens with zero attached hydrogens (tertiary/aromatic N) is 1. The molecular weight excluding hydrogens is 328 g/mol. The van der Waals surface area contributed by atoms with Crippen molar-refractivity contribution in [2.75, 3.05) is 13.6 Å². The molecule has 0 aliphatic rings. The third kappa shape index (κ3) is 5.17. The van der Waals surface area contributed by atoms with Gasteiger partial charge in [-0.15, -0.1) is 0 Å². The third-order valence-electron chi connectivity index (χ3n) is 4.39. The van der Waals surface area contributed by atoms with Gasteiger partial charge in [-0.3, -0.25) is 14.9 Å². The molecule has 0 bridgehead atoms. The molecule has 2 aromatic carbocycles. The highest BCUT2D eigenvalue weighted by Gasteiger charge is 2.24. The van der Waals surface area contributed by atoms with E-state index < -0.39 is 12.0 Å². The molecule has 2 aromatic rings. The van der Waals surface area contributed by atoms with Gasteiger partial charge in [0.25, 0.3) is 0 Å². The van der Waals surface area contributed by atoms with Crippen LogP contribution in [0.1, 0.15) is 36.9 Å². The van der Waals surface area contributed by atoms with Gasteiger partial charge in [0.1, 0.15) is 6.04 Å². The molecular formula is C21H26N2O3. The number of rotatable bonds is 9. The number of hydrogen-bond donors (Lipinski definition) is 2. The van der Waals surface area contributed by atoms with E-state index in [0.29, 0.717) is 6.42 Å². The fraction of sp³-hybridized carbons (Fsp3) is 0.333. The van der Waals surface area contributed by atoms with Crippen LogP contribution in [-0.2, 0) is 9.59 Å². The summed E-state index contributed by atoms with van der Waals surface area (Å²) in [6.45, 7) is 1.91. The molecule has 0 aromatic heterocycles. The van der Waals surface area contributed by atoms with E-state index >= 15 is 0 Å². The first-order valence-corrected chi connectivity index (χ1v) is 8.86. The van der Waals surface area contributed by atoms with Gasteiger partial charge in [0.05, 0.1) is 12.6 Å². The predicted molar refractivity (Wildman–Crippen MR) is 102 cm³/mol. The first-order chi connectivity index (χ1) is 12.5. The van der Waals surface area contributed by atoms with Gasteiger partial charge >= 0.3 is 5.97 Å². The molecule has 5 heteroatoms. The number of carbonyl (C=O) groups is 2. The Morgan fingerprint density at radius 3 is 1.92 bits per heavy atom. The second kappa shape index (κ2) is 9.73. The lowest BCUT2D eigenvalue weighted by atomic mass is 9.97. The number of amides is 1. The van der Waals surface area contributed by atoms with Gasteiger partial charge in [-0.25, -0.2) is 0 Å². The molecule has 2 rings (SSSR count). The number of carboxylic acids is 1. The lowest BCUT2D eigenvalue weighted by molar-refractivity contribution is -0.140. The van der Waals surface area contributed by atoms with Crippen molar-refractivity contribution in [1.29, 1.82) is 0 Å². The Morgan fingerprint density at radius 2 is 1.50 bits per heavy atom. The van der Waals surface area contributed by atoms with E-state index in [4.69, 9.17) is 0 Å². The number of benzene rings is 2. The lowest BCUT2D eigenvalue weighted by Gasteiger charge is -2.30. The number of aliphatic carboxylic acids is 1. The zero-order valence-corrected chi connectivity index (χ0v) is 15.3. The van der Waals surface area contributed by atoms with E-state index in [-0.39, 0.29) is 18.5 Å². The number of carboxylic acid groups (broad SMARTS) is 1. The Kier molecular flexibility index (Phi) is 7.36. The van der Waals surface area contributed by atoms with Crippen molar-refractivity contribution in [3.05, 3.63) is 71.8 Å². The Balaban J connectivity index is 2.17. The minimum atomic E-state index is -0.926. The summed E-state index contributed by atoms with van der Waals surface area (Å²) in [5.74, 6) is -1.07. The van der Waals surface area contributed by atoms with Gasteiger partial charge in [0.2, 0.25) is 5.91 Å². The summed E-state index contributed by atoms with van der Waals surface area (Å²) >= 11 is 0. The molecule has 0 aliphatic heterocycles. The van der Waals surface area contributed by atoms with Crippen LogP contribution in [-0.4, -0.2) is 41.5 Å². The first kappa shape index (κ1) is 19.7. The van der Waals surface area contributed by atoms with E-state index in [0.717, 1.165) is 17.5 Å². The average molecular weight is 354 g/mol. The summed E-state index contributed by atoms with van der Waals surface area (Å²) in [7, 11) is 1.75. The molecule has 0 heterocycles. The maximum Gasteiger partial charge on any atom is 0.320 e. The molecule has 5 nitrogen and oxygen atoms in total. The normalized spacial score (nSPS) is 12.0. The molecule has 0 saturated heterocycles. The van der Waals surface area contributed by atoms with Crippen molar-refractivity contribution in [1.82, 2.24) is 10.2 Å². The van der Waals surface area contributed by atoms with Crippen LogP contribution in [0.25, 0.3) is 0 Å². The van der Waals surface area contributed by atoms with Crippen LogP contribution in [0.5, 0.6) is 0 Å². The number of nitrogens with one attached hydrogen (secondary N) is 1. The molecule has 26 heavy (non-hydrogen) atoms. The SMILES string of the molecule is CCCC(NCC(=O)N(C)C(c1ccccc1)c1ccccc1)C(=O)O. The number of carbonyl (C=O) groups excluding carboxylic acids is 1. The van der Waals surface area contributed by atoms with Crippen molar-refractivity contribution < 1.29 is 14.7 Å². The molecule has 0 fully saturated rings. The highest BCUT2D eigenvalue weighted by molar-refractivity contribution is 5.80. The summed E-state index contributed by atoms with van der Waals surface area (Å²) < 4.78 is 0. The second-order valence-corrected chi connectivity index (χ2v) is 6.29. The van der Waals surface area contributed by atoms with Crippen LogP contribution in [0.3, 0.4) is 0 Å². The fourth-order valence-electron chi connectivity index (χ4n) is 2.99. The van der Waals surface area contributed by atoms with E-state index in [9.17, 15) is 14.7 Å². The second-order valence-electron chi connectivity index (χ2n) is 6.29. The van der Waals surface area contributed by atoms with Crippen LogP contribution in [0.15, 0.2) is 60.7 Å². The molecule has 1 atom stereocenters. The third-order valence-corrected chi connectivity index (χ3v) is 4.39. The highest BCUT2D eigenvalue weighted by atomic mass is 16.4. The largest absolute Gasteiger partial charge is 0.480 e. The van der Waals surface area contributed by atoms with Gasteiger partial charge in [-0.2, -0.15) is 0 Å². The van der Waals surface area contributed by atoms with Crippen molar-refractivity contribution in [2.45, 2.75) is 31.8 Å². The number of likely N-dealkylation sites (N-methyl/N-ethyl adjacent to an activating group) is 1. The van der Waals surface area contributed by atoms with E-state index in [1.54, 1.807) is 11.9 Å². The van der Waals surface area contributed by atoms with Gasteiger partial charge < -0.3 is 10.0 Å². The molecule has 0 saturated carbocycles. The number of hydrogen-bond acceptors (Lipinski definition) is 3. The quantitative estimate of drug-likeness (QED) is 0.726. The molecule has 1 amide bonds. The fourth-order valence-corrected chi connectivity index (χ4v) is 2.99. The molecule has 2 N–H and O–H groups in total. The van der Waals surface area contributed by atoms with Crippen molar-refractivity contribution >= 4 is 11.9 Å². The smallest absolute Gasteiger partial charge is 0.320 e. The van der Waals surface area contributed by atoms with E-state index in [1.165, 1.54) is 0 Å². The van der Waals surface area contributed by atoms with Gasteiger partial charge in [-0.05, 0) is 17.5 Å². The zero-order valence-electron chi connectivity index (χ0n) is 15.3. The Morgan fingerprint density at radius 1 is 1.00 bits per heavy atom. The summed E-state index contributed by atoms with van der Waals surface area (Å²) in [6, 6.07) is 18.7. The van der Waals surface area contributed by atoms with E-state index in [1.807, 2.05) is 67.6 Å². The summed E-state index contributed by atoms with van der Waals surface area (Å²) in [6.07, 6.45) is 1.23. The topological polar surface area (TPSA) is 69.6 Å². The monoisotopic (exact) mass is 354 g/mol. The molecule has 0 radical (unpaired) electrons. The Hall–Kier alpha value is -2.66. The van der Waals surface area contributed by atoms with Crippen LogP contribution in [0.4, 0.5) is 0 Å². The van der Waals surface area contributed by atoms with Crippen molar-refractivity contribution in [2.24, 2.45) is 0 Å². The predicted octanol–water partition coefficient (Wildman–Crippen LogP) is 3.08. The van der Waals surface area contributed by atoms with Crippen molar-refractivity contribution in [3.8, 4) is 0 Å². The van der Waals surface area contributed by atoms with Crippen LogP contribution in [0.2, 0.25) is 0 Å². The standard InChI is InChI=1S/C21H26N2O3/c1-3-10-18(21(25)26)22-15-19(24)23(2)20(16-11-6-4-7-12-16)17-13-8-5-9-14-17/h4-9,11-14,18,20,22H,3,10,15H2,1-2H3,(H,25,26). The summed E-state index contributed by atoms with van der Waals surface area (Å²) in [5.41, 5.74) is 2.02. The molecule has 0 spiro atoms. The van der Waals surface area contributed by atoms with Gasteiger partial charge in [0.15, 0.2) is 0 Å². The first-order valence-electron chi connectivity index (χ1n) is 8.86. The van der Waals surface area contributed by atoms with E-state index in [2.05, 4.69) is 5.32 Å². The van der Waals surface area contributed by atoms with Crippen LogP contribution >= 0.6 is 0 Å². The van der Waals surface area contributed by atoms with Crippen LogP contribution < -0.4 is 5.32 Å². The molecule has 138 valence electrons. The molecule has 0 aliphatic carbocycles. The summed E-state index contributed by atoms with van der Waals surface area (Å²) in [4.78, 5) is 25.7.